The molecule has 1 heterocycles. The molecule has 4 nitrogen and oxygen atoms in total. The summed E-state index contributed by atoms with van der Waals surface area (Å²) < 4.78 is 0. The zero-order valence-electron chi connectivity index (χ0n) is 10.3. The van der Waals surface area contributed by atoms with Gasteiger partial charge in [0.25, 0.3) is 5.91 Å². The minimum atomic E-state index is -0.370. The predicted octanol–water partition coefficient (Wildman–Crippen LogP) is 3.32. The molecule has 0 saturated carbocycles. The molecule has 19 heavy (non-hydrogen) atoms. The first-order valence-corrected chi connectivity index (χ1v) is 7.10. The molecule has 0 aliphatic carbocycles. The van der Waals surface area contributed by atoms with Gasteiger partial charge in [0.1, 0.15) is 5.69 Å². The van der Waals surface area contributed by atoms with Crippen molar-refractivity contribution in [1.82, 2.24) is 10.3 Å². The summed E-state index contributed by atoms with van der Waals surface area (Å²) in [6, 6.07) is 0. The number of rotatable bonds is 7. The number of carbonyl (C=O) groups is 1. The Morgan fingerprint density at radius 3 is 2.53 bits per heavy atom. The largest absolute Gasteiger partial charge is 0.396 e. The zero-order valence-corrected chi connectivity index (χ0v) is 12.5. The van der Waals surface area contributed by atoms with Gasteiger partial charge in [-0.3, -0.25) is 4.79 Å². The van der Waals surface area contributed by atoms with E-state index in [4.69, 9.17) is 39.9 Å². The molecule has 0 unspecified atom stereocenters. The lowest BCUT2D eigenvalue weighted by Gasteiger charge is -2.07. The first-order valence-electron chi connectivity index (χ1n) is 5.96. The number of carbonyl (C=O) groups excluding carboxylic acids is 1. The van der Waals surface area contributed by atoms with Crippen molar-refractivity contribution >= 4 is 40.7 Å². The van der Waals surface area contributed by atoms with Gasteiger partial charge in [-0.25, -0.2) is 4.98 Å². The van der Waals surface area contributed by atoms with E-state index in [-0.39, 0.29) is 33.3 Å². The van der Waals surface area contributed by atoms with Gasteiger partial charge in [-0.15, -0.1) is 0 Å². The number of unbranched alkanes of at least 4 members (excludes halogenated alkanes) is 3. The summed E-state index contributed by atoms with van der Waals surface area (Å²) in [6.07, 6.45) is 4.81. The second-order valence-corrected chi connectivity index (χ2v) is 5.14. The number of nitrogens with one attached hydrogen (secondary N) is 1. The molecule has 1 amide bonds. The predicted molar refractivity (Wildman–Crippen MR) is 77.2 cm³/mol. The number of aromatic nitrogens is 1. The highest BCUT2D eigenvalue weighted by Gasteiger charge is 2.16. The highest BCUT2D eigenvalue weighted by molar-refractivity contribution is 6.48. The van der Waals surface area contributed by atoms with Crippen LogP contribution in [0.4, 0.5) is 0 Å². The monoisotopic (exact) mass is 324 g/mol. The summed E-state index contributed by atoms with van der Waals surface area (Å²) in [5.74, 6) is -0.370. The average molecular weight is 326 g/mol. The molecule has 0 aromatic carbocycles. The molecule has 0 fully saturated rings. The Hall–Kier alpha value is -0.550. The summed E-state index contributed by atoms with van der Waals surface area (Å²) in [4.78, 5) is 15.7. The smallest absolute Gasteiger partial charge is 0.271 e. The van der Waals surface area contributed by atoms with Gasteiger partial charge in [-0.2, -0.15) is 0 Å². The summed E-state index contributed by atoms with van der Waals surface area (Å²) >= 11 is 17.5. The van der Waals surface area contributed by atoms with Crippen LogP contribution >= 0.6 is 34.8 Å². The Balaban J connectivity index is 2.44. The van der Waals surface area contributed by atoms with Crippen LogP contribution in [0.25, 0.3) is 0 Å². The maximum atomic E-state index is 11.8. The summed E-state index contributed by atoms with van der Waals surface area (Å²) in [6.45, 7) is 0.734. The lowest BCUT2D eigenvalue weighted by Crippen LogP contribution is -2.25. The fraction of sp³-hybridized carbons (Fsp3) is 0.500. The number of amides is 1. The van der Waals surface area contributed by atoms with Crippen LogP contribution in [0.2, 0.25) is 15.1 Å². The van der Waals surface area contributed by atoms with E-state index >= 15 is 0 Å². The van der Waals surface area contributed by atoms with Crippen molar-refractivity contribution < 1.29 is 9.90 Å². The second-order valence-electron chi connectivity index (χ2n) is 3.98. The topological polar surface area (TPSA) is 62.2 Å². The van der Waals surface area contributed by atoms with Crippen molar-refractivity contribution in [3.05, 3.63) is 27.0 Å². The quantitative estimate of drug-likeness (QED) is 0.756. The molecule has 1 aromatic heterocycles. The van der Waals surface area contributed by atoms with Gasteiger partial charge in [0.15, 0.2) is 0 Å². The zero-order chi connectivity index (χ0) is 14.3. The number of aliphatic hydroxyl groups is 1. The molecule has 0 radical (unpaired) electrons. The molecule has 0 bridgehead atoms. The average Bonchev–Trinajstić information content (AvgIpc) is 2.40. The van der Waals surface area contributed by atoms with Gasteiger partial charge >= 0.3 is 0 Å². The van der Waals surface area contributed by atoms with Crippen LogP contribution in [0.5, 0.6) is 0 Å². The van der Waals surface area contributed by atoms with Crippen LogP contribution in [-0.4, -0.2) is 29.1 Å². The van der Waals surface area contributed by atoms with Crippen molar-refractivity contribution in [3.63, 3.8) is 0 Å². The van der Waals surface area contributed by atoms with Gasteiger partial charge in [0, 0.05) is 19.3 Å². The van der Waals surface area contributed by atoms with Crippen molar-refractivity contribution in [3.8, 4) is 0 Å². The minimum Gasteiger partial charge on any atom is -0.396 e. The summed E-state index contributed by atoms with van der Waals surface area (Å²) in [5.41, 5.74) is 0.0754. The standard InChI is InChI=1S/C12H15Cl3N2O2/c13-8-7-17-11(10(15)9(8)14)12(19)16-5-3-1-2-4-6-18/h7,18H,1-6H2,(H,16,19). The molecular weight excluding hydrogens is 311 g/mol. The number of nitrogens with zero attached hydrogens (tertiary/aromatic N) is 1. The van der Waals surface area contributed by atoms with Gasteiger partial charge in [-0.05, 0) is 12.8 Å². The van der Waals surface area contributed by atoms with Gasteiger partial charge in [0.05, 0.1) is 15.1 Å². The van der Waals surface area contributed by atoms with E-state index in [0.29, 0.717) is 6.54 Å². The molecule has 0 saturated heterocycles. The van der Waals surface area contributed by atoms with Crippen LogP contribution in [0.1, 0.15) is 36.2 Å². The Kier molecular flexibility index (Phi) is 7.46. The highest BCUT2D eigenvalue weighted by atomic mass is 35.5. The van der Waals surface area contributed by atoms with Crippen LogP contribution in [0, 0.1) is 0 Å². The first-order chi connectivity index (χ1) is 9.07. The molecule has 0 aliphatic heterocycles. The van der Waals surface area contributed by atoms with Crippen molar-refractivity contribution in [2.75, 3.05) is 13.2 Å². The molecule has 0 spiro atoms. The van der Waals surface area contributed by atoms with Crippen LogP contribution in [0.3, 0.4) is 0 Å². The second kappa shape index (κ2) is 8.59. The Bertz CT molecular complexity index is 441. The maximum absolute atomic E-state index is 11.8. The lowest BCUT2D eigenvalue weighted by atomic mass is 10.2. The molecule has 1 aromatic rings. The molecule has 1 rings (SSSR count). The van der Waals surface area contributed by atoms with Crippen LogP contribution < -0.4 is 5.32 Å². The van der Waals surface area contributed by atoms with Gasteiger partial charge in [0.2, 0.25) is 0 Å². The molecule has 0 aliphatic rings. The third-order valence-corrected chi connectivity index (χ3v) is 3.74. The van der Waals surface area contributed by atoms with E-state index in [1.54, 1.807) is 0 Å². The van der Waals surface area contributed by atoms with Gasteiger partial charge < -0.3 is 10.4 Å². The minimum absolute atomic E-state index is 0.0620. The first kappa shape index (κ1) is 16.5. The third kappa shape index (κ3) is 5.15. The summed E-state index contributed by atoms with van der Waals surface area (Å²) in [7, 11) is 0. The molecule has 2 N–H and O–H groups in total. The fourth-order valence-electron chi connectivity index (χ4n) is 1.48. The van der Waals surface area contributed by atoms with Crippen molar-refractivity contribution in [1.29, 1.82) is 0 Å². The SMILES string of the molecule is O=C(NCCCCCCO)c1ncc(Cl)c(Cl)c1Cl. The lowest BCUT2D eigenvalue weighted by molar-refractivity contribution is 0.0948. The normalized spacial score (nSPS) is 10.5. The van der Waals surface area contributed by atoms with E-state index in [2.05, 4.69) is 10.3 Å². The molecular formula is C12H15Cl3N2O2. The van der Waals surface area contributed by atoms with E-state index < -0.39 is 0 Å². The molecule has 7 heteroatoms. The third-order valence-electron chi connectivity index (χ3n) is 2.50. The molecule has 0 atom stereocenters. The van der Waals surface area contributed by atoms with E-state index in [1.807, 2.05) is 0 Å². The van der Waals surface area contributed by atoms with Crippen molar-refractivity contribution in [2.45, 2.75) is 25.7 Å². The molecule has 106 valence electrons. The van der Waals surface area contributed by atoms with Gasteiger partial charge in [-0.1, -0.05) is 47.6 Å². The Morgan fingerprint density at radius 2 is 1.84 bits per heavy atom. The number of halogens is 3. The van der Waals surface area contributed by atoms with E-state index in [9.17, 15) is 4.79 Å². The van der Waals surface area contributed by atoms with E-state index in [1.165, 1.54) is 6.20 Å². The maximum Gasteiger partial charge on any atom is 0.271 e. The number of pyridine rings is 1. The Morgan fingerprint density at radius 1 is 1.16 bits per heavy atom. The summed E-state index contributed by atoms with van der Waals surface area (Å²) in [5, 5.41) is 11.7. The number of hydrogen-bond acceptors (Lipinski definition) is 3. The highest BCUT2D eigenvalue weighted by Crippen LogP contribution is 2.30. The fourth-order valence-corrected chi connectivity index (χ4v) is 2.04. The van der Waals surface area contributed by atoms with Crippen LogP contribution in [0.15, 0.2) is 6.20 Å². The number of hydrogen-bond donors (Lipinski definition) is 2. The number of aliphatic hydroxyl groups excluding tert-OH is 1. The van der Waals surface area contributed by atoms with E-state index in [0.717, 1.165) is 25.7 Å². The Labute approximate surface area is 127 Å². The van der Waals surface area contributed by atoms with Crippen LogP contribution in [-0.2, 0) is 0 Å². The van der Waals surface area contributed by atoms with Crippen molar-refractivity contribution in [2.24, 2.45) is 0 Å².